The molecule has 0 fully saturated rings. The minimum absolute atomic E-state index is 0.00638. The van der Waals surface area contributed by atoms with Crippen LogP contribution < -0.4 is 16.0 Å². The van der Waals surface area contributed by atoms with E-state index < -0.39 is 6.04 Å². The van der Waals surface area contributed by atoms with Gasteiger partial charge in [0.15, 0.2) is 5.78 Å². The Morgan fingerprint density at radius 2 is 1.66 bits per heavy atom. The van der Waals surface area contributed by atoms with Crippen LogP contribution in [0.4, 0.5) is 11.4 Å². The first-order valence-corrected chi connectivity index (χ1v) is 12.1. The van der Waals surface area contributed by atoms with Crippen molar-refractivity contribution >= 4 is 29.0 Å². The van der Waals surface area contributed by atoms with Crippen molar-refractivity contribution in [1.82, 2.24) is 5.32 Å². The number of anilines is 2. The van der Waals surface area contributed by atoms with Crippen molar-refractivity contribution in [2.45, 2.75) is 51.6 Å². The van der Waals surface area contributed by atoms with E-state index in [4.69, 9.17) is 0 Å². The molecule has 1 atom stereocenters. The van der Waals surface area contributed by atoms with Crippen LogP contribution in [0, 0.1) is 6.92 Å². The molecule has 3 aromatic carbocycles. The standard InChI is InChI=1S/C29H29N3O3/c1-18-5-12-23-15-21(18)11-14-26(33)28(32-24-13-10-22-17-30-29(35)25(22)16-24)20-8-6-19(7-9-20)3-2-4-27(34)31-23/h5-10,12-13,15-16,28,32H,2-4,11,14,17H2,1H3,(H,30,35)(H,31,34)/t28-/m1/s1. The normalized spacial score (nSPS) is 18.1. The van der Waals surface area contributed by atoms with Gasteiger partial charge in [0.2, 0.25) is 5.91 Å². The number of ketones is 1. The van der Waals surface area contributed by atoms with Gasteiger partial charge in [-0.05, 0) is 78.3 Å². The summed E-state index contributed by atoms with van der Waals surface area (Å²) in [5.74, 6) is -0.00436. The smallest absolute Gasteiger partial charge is 0.251 e. The van der Waals surface area contributed by atoms with Crippen LogP contribution in [0.2, 0.25) is 0 Å². The molecule has 2 amide bonds. The van der Waals surface area contributed by atoms with Crippen LogP contribution >= 0.6 is 0 Å². The third kappa shape index (κ3) is 5.11. The van der Waals surface area contributed by atoms with Gasteiger partial charge in [-0.3, -0.25) is 14.4 Å². The molecule has 3 aliphatic heterocycles. The van der Waals surface area contributed by atoms with Gasteiger partial charge in [-0.2, -0.15) is 0 Å². The molecule has 3 aliphatic rings. The molecular weight excluding hydrogens is 438 g/mol. The summed E-state index contributed by atoms with van der Waals surface area (Å²) in [5.41, 5.74) is 7.30. The fourth-order valence-electron chi connectivity index (χ4n) is 4.79. The number of nitrogens with one attached hydrogen (secondary N) is 3. The lowest BCUT2D eigenvalue weighted by Gasteiger charge is -2.21. The Morgan fingerprint density at radius 1 is 0.829 bits per heavy atom. The number of carbonyl (C=O) groups is 3. The number of rotatable bonds is 2. The first-order chi connectivity index (χ1) is 17.0. The van der Waals surface area contributed by atoms with Gasteiger partial charge in [0.1, 0.15) is 6.04 Å². The van der Waals surface area contributed by atoms with Crippen molar-refractivity contribution in [3.63, 3.8) is 0 Å². The zero-order chi connectivity index (χ0) is 24.4. The monoisotopic (exact) mass is 467 g/mol. The molecule has 0 spiro atoms. The Balaban J connectivity index is 1.46. The van der Waals surface area contributed by atoms with Crippen molar-refractivity contribution in [2.24, 2.45) is 0 Å². The van der Waals surface area contributed by atoms with Crippen LogP contribution in [-0.2, 0) is 29.0 Å². The Kier molecular flexibility index (Phi) is 6.36. The molecular formula is C29H29N3O3. The van der Waals surface area contributed by atoms with Gasteiger partial charge in [0.05, 0.1) is 0 Å². The maximum Gasteiger partial charge on any atom is 0.251 e. The third-order valence-corrected chi connectivity index (χ3v) is 6.88. The molecule has 0 aromatic heterocycles. The summed E-state index contributed by atoms with van der Waals surface area (Å²) in [6.45, 7) is 2.56. The van der Waals surface area contributed by atoms with Gasteiger partial charge in [0, 0.05) is 36.3 Å². The van der Waals surface area contributed by atoms with Gasteiger partial charge >= 0.3 is 0 Å². The van der Waals surface area contributed by atoms with E-state index in [0.717, 1.165) is 52.0 Å². The summed E-state index contributed by atoms with van der Waals surface area (Å²) in [5, 5.41) is 9.23. The van der Waals surface area contributed by atoms with E-state index in [1.807, 2.05) is 67.6 Å². The molecule has 4 bridgehead atoms. The molecule has 6 nitrogen and oxygen atoms in total. The van der Waals surface area contributed by atoms with Crippen molar-refractivity contribution in [1.29, 1.82) is 0 Å². The molecule has 6 heteroatoms. The summed E-state index contributed by atoms with van der Waals surface area (Å²) in [7, 11) is 0. The lowest BCUT2D eigenvalue weighted by Crippen LogP contribution is -2.22. The molecule has 178 valence electrons. The highest BCUT2D eigenvalue weighted by Crippen LogP contribution is 2.27. The highest BCUT2D eigenvalue weighted by molar-refractivity contribution is 5.99. The Hall–Kier alpha value is -3.93. The van der Waals surface area contributed by atoms with Crippen molar-refractivity contribution in [3.8, 4) is 0 Å². The van der Waals surface area contributed by atoms with Crippen LogP contribution in [0.3, 0.4) is 0 Å². The SMILES string of the molecule is Cc1ccc2cc1CCC(=O)[C@H](Nc1ccc3c(c1)C(=O)NC3)c1ccc(cc1)CCCC(=O)N2. The highest BCUT2D eigenvalue weighted by Gasteiger charge is 2.23. The lowest BCUT2D eigenvalue weighted by atomic mass is 9.94. The van der Waals surface area contributed by atoms with Gasteiger partial charge < -0.3 is 16.0 Å². The first-order valence-electron chi connectivity index (χ1n) is 12.1. The van der Waals surface area contributed by atoms with Crippen LogP contribution in [0.1, 0.15) is 63.5 Å². The molecule has 6 rings (SSSR count). The van der Waals surface area contributed by atoms with Crippen LogP contribution in [0.25, 0.3) is 0 Å². The van der Waals surface area contributed by atoms with Gasteiger partial charge in [-0.15, -0.1) is 0 Å². The summed E-state index contributed by atoms with van der Waals surface area (Å²) in [4.78, 5) is 38.1. The van der Waals surface area contributed by atoms with E-state index in [2.05, 4.69) is 16.0 Å². The van der Waals surface area contributed by atoms with E-state index in [1.165, 1.54) is 0 Å². The summed E-state index contributed by atoms with van der Waals surface area (Å²) in [6.07, 6.45) is 2.93. The van der Waals surface area contributed by atoms with E-state index >= 15 is 0 Å². The van der Waals surface area contributed by atoms with Crippen molar-refractivity contribution in [2.75, 3.05) is 10.6 Å². The Morgan fingerprint density at radius 3 is 2.49 bits per heavy atom. The quantitative estimate of drug-likeness (QED) is 0.502. The average Bonchev–Trinajstić information content (AvgIpc) is 3.22. The number of hydrogen-bond donors (Lipinski definition) is 3. The molecule has 3 N–H and O–H groups in total. The predicted octanol–water partition coefficient (Wildman–Crippen LogP) is 4.87. The lowest BCUT2D eigenvalue weighted by molar-refractivity contribution is -0.120. The molecule has 0 unspecified atom stereocenters. The van der Waals surface area contributed by atoms with E-state index in [0.29, 0.717) is 31.4 Å². The molecule has 3 heterocycles. The average molecular weight is 468 g/mol. The zero-order valence-corrected chi connectivity index (χ0v) is 19.8. The number of hydrogen-bond acceptors (Lipinski definition) is 4. The third-order valence-electron chi connectivity index (χ3n) is 6.88. The molecule has 0 radical (unpaired) electrons. The second kappa shape index (κ2) is 9.74. The van der Waals surface area contributed by atoms with Crippen LogP contribution in [-0.4, -0.2) is 17.6 Å². The number of amides is 2. The number of benzene rings is 3. The number of Topliss-reactive ketones (excluding diaryl/α,β-unsaturated/α-hetero) is 1. The van der Waals surface area contributed by atoms with Crippen LogP contribution in [0.5, 0.6) is 0 Å². The van der Waals surface area contributed by atoms with E-state index in [-0.39, 0.29) is 17.6 Å². The van der Waals surface area contributed by atoms with Crippen molar-refractivity contribution < 1.29 is 14.4 Å². The van der Waals surface area contributed by atoms with Gasteiger partial charge in [0.25, 0.3) is 5.91 Å². The zero-order valence-electron chi connectivity index (χ0n) is 19.8. The topological polar surface area (TPSA) is 87.3 Å². The number of carbonyl (C=O) groups excluding carboxylic acids is 3. The molecule has 0 saturated heterocycles. The molecule has 0 aliphatic carbocycles. The Bertz CT molecular complexity index is 1300. The minimum atomic E-state index is -0.525. The maximum atomic E-state index is 13.5. The highest BCUT2D eigenvalue weighted by atomic mass is 16.2. The first kappa shape index (κ1) is 22.8. The number of fused-ring (bicyclic) bond motifs is 10. The summed E-state index contributed by atoms with van der Waals surface area (Å²) in [6, 6.07) is 19.1. The molecule has 3 aromatic rings. The summed E-state index contributed by atoms with van der Waals surface area (Å²) >= 11 is 0. The van der Waals surface area contributed by atoms with E-state index in [9.17, 15) is 14.4 Å². The van der Waals surface area contributed by atoms with Crippen LogP contribution in [0.15, 0.2) is 60.7 Å². The van der Waals surface area contributed by atoms with Gasteiger partial charge in [-0.25, -0.2) is 0 Å². The second-order valence-corrected chi connectivity index (χ2v) is 9.38. The second-order valence-electron chi connectivity index (χ2n) is 9.38. The van der Waals surface area contributed by atoms with Crippen molar-refractivity contribution in [3.05, 3.63) is 94.0 Å². The summed E-state index contributed by atoms with van der Waals surface area (Å²) < 4.78 is 0. The predicted molar refractivity (Wildman–Crippen MR) is 136 cm³/mol. The fraction of sp³-hybridized carbons (Fsp3) is 0.276. The minimum Gasteiger partial charge on any atom is -0.372 e. The Labute approximate surface area is 205 Å². The largest absolute Gasteiger partial charge is 0.372 e. The fourth-order valence-corrected chi connectivity index (χ4v) is 4.79. The molecule has 0 saturated carbocycles. The maximum absolute atomic E-state index is 13.5. The van der Waals surface area contributed by atoms with E-state index in [1.54, 1.807) is 0 Å². The molecule has 35 heavy (non-hydrogen) atoms. The number of aryl methyl sites for hydroxylation is 3. The van der Waals surface area contributed by atoms with Gasteiger partial charge in [-0.1, -0.05) is 36.4 Å².